The number of thiazole rings is 2. The van der Waals surface area contributed by atoms with Crippen LogP contribution in [-0.4, -0.2) is 40.0 Å². The molecule has 0 fully saturated rings. The first-order valence-corrected chi connectivity index (χ1v) is 13.5. The number of carbonyl (C=O) groups is 2. The molecule has 0 radical (unpaired) electrons. The van der Waals surface area contributed by atoms with Gasteiger partial charge in [0.05, 0.1) is 30.3 Å². The van der Waals surface area contributed by atoms with Gasteiger partial charge in [0.25, 0.3) is 0 Å². The Labute approximate surface area is 222 Å². The summed E-state index contributed by atoms with van der Waals surface area (Å²) in [6, 6.07) is 17.2. The molecule has 37 heavy (non-hydrogen) atoms. The molecule has 0 spiro atoms. The molecule has 2 heterocycles. The van der Waals surface area contributed by atoms with E-state index < -0.39 is 6.10 Å². The number of anilines is 3. The summed E-state index contributed by atoms with van der Waals surface area (Å²) in [5.74, 6) is -0.427. The molecule has 0 saturated heterocycles. The van der Waals surface area contributed by atoms with Gasteiger partial charge in [0.2, 0.25) is 11.8 Å². The van der Waals surface area contributed by atoms with E-state index in [0.29, 0.717) is 33.9 Å². The van der Waals surface area contributed by atoms with Crippen LogP contribution >= 0.6 is 22.7 Å². The summed E-state index contributed by atoms with van der Waals surface area (Å²) in [6.45, 7) is 1.22. The molecule has 2 amide bonds. The van der Waals surface area contributed by atoms with Crippen LogP contribution in [0.1, 0.15) is 28.6 Å². The molecule has 2 aromatic heterocycles. The average molecular weight is 537 g/mol. The average Bonchev–Trinajstić information content (AvgIpc) is 3.50. The Morgan fingerprint density at radius 1 is 0.892 bits per heavy atom. The molecule has 11 heteroatoms. The molecule has 0 saturated carbocycles. The first kappa shape index (κ1) is 26.4. The molecule has 9 nitrogen and oxygen atoms in total. The zero-order chi connectivity index (χ0) is 26.0. The number of benzene rings is 2. The normalized spacial score (nSPS) is 11.7. The van der Waals surface area contributed by atoms with Gasteiger partial charge < -0.3 is 26.8 Å². The molecule has 1 unspecified atom stereocenters. The summed E-state index contributed by atoms with van der Waals surface area (Å²) >= 11 is 2.55. The molecule has 4 rings (SSSR count). The highest BCUT2D eigenvalue weighted by Crippen LogP contribution is 2.18. The van der Waals surface area contributed by atoms with Gasteiger partial charge in [-0.3, -0.25) is 9.59 Å². The van der Waals surface area contributed by atoms with Gasteiger partial charge in [0, 0.05) is 23.0 Å². The zero-order valence-corrected chi connectivity index (χ0v) is 21.6. The Morgan fingerprint density at radius 2 is 1.57 bits per heavy atom. The number of aromatic nitrogens is 2. The first-order chi connectivity index (χ1) is 17.9. The van der Waals surface area contributed by atoms with E-state index in [-0.39, 0.29) is 24.7 Å². The van der Waals surface area contributed by atoms with Crippen LogP contribution in [0, 0.1) is 0 Å². The highest BCUT2D eigenvalue weighted by Gasteiger charge is 2.12. The number of amides is 2. The topological polar surface area (TPSA) is 142 Å². The summed E-state index contributed by atoms with van der Waals surface area (Å²) in [4.78, 5) is 33.0. The Morgan fingerprint density at radius 3 is 2.27 bits per heavy atom. The van der Waals surface area contributed by atoms with Crippen molar-refractivity contribution < 1.29 is 14.7 Å². The third-order valence-corrected chi connectivity index (χ3v) is 6.93. The summed E-state index contributed by atoms with van der Waals surface area (Å²) in [7, 11) is 0. The maximum Gasteiger partial charge on any atom is 0.232 e. The van der Waals surface area contributed by atoms with Crippen LogP contribution in [-0.2, 0) is 28.9 Å². The van der Waals surface area contributed by atoms with Gasteiger partial charge >= 0.3 is 0 Å². The van der Waals surface area contributed by atoms with E-state index in [4.69, 9.17) is 5.73 Å². The van der Waals surface area contributed by atoms with Gasteiger partial charge in [0.1, 0.15) is 0 Å². The van der Waals surface area contributed by atoms with Gasteiger partial charge in [-0.05, 0) is 36.2 Å². The predicted octanol–water partition coefficient (Wildman–Crippen LogP) is 3.41. The van der Waals surface area contributed by atoms with Crippen LogP contribution in [0.3, 0.4) is 0 Å². The number of nitrogens with two attached hydrogens (primary N) is 1. The Balaban J connectivity index is 1.16. The largest absolute Gasteiger partial charge is 0.387 e. The monoisotopic (exact) mass is 536 g/mol. The number of nitrogens with zero attached hydrogens (tertiary/aromatic N) is 2. The zero-order valence-electron chi connectivity index (χ0n) is 20.0. The van der Waals surface area contributed by atoms with Gasteiger partial charge in [0.15, 0.2) is 10.3 Å². The highest BCUT2D eigenvalue weighted by molar-refractivity contribution is 7.14. The van der Waals surface area contributed by atoms with E-state index in [1.165, 1.54) is 22.7 Å². The van der Waals surface area contributed by atoms with Crippen molar-refractivity contribution >= 4 is 50.4 Å². The molecule has 2 aromatic carbocycles. The van der Waals surface area contributed by atoms with E-state index in [0.717, 1.165) is 24.1 Å². The number of aliphatic hydroxyl groups is 1. The molecule has 0 bridgehead atoms. The molecule has 0 aliphatic carbocycles. The third-order valence-electron chi connectivity index (χ3n) is 5.40. The minimum absolute atomic E-state index is 0.102. The Hall–Kier alpha value is -3.64. The number of nitrogens with one attached hydrogen (secondary N) is 3. The van der Waals surface area contributed by atoms with E-state index in [2.05, 4.69) is 25.9 Å². The van der Waals surface area contributed by atoms with Gasteiger partial charge in [-0.2, -0.15) is 0 Å². The van der Waals surface area contributed by atoms with Crippen molar-refractivity contribution in [2.24, 2.45) is 0 Å². The van der Waals surface area contributed by atoms with Gasteiger partial charge in [-0.1, -0.05) is 42.5 Å². The third kappa shape index (κ3) is 8.46. The predicted molar refractivity (Wildman–Crippen MR) is 148 cm³/mol. The summed E-state index contributed by atoms with van der Waals surface area (Å²) < 4.78 is 0. The molecular formula is C26H28N6O3S2. The van der Waals surface area contributed by atoms with Crippen molar-refractivity contribution in [1.82, 2.24) is 15.3 Å². The standard InChI is InChI=1S/C26H28N6O3S2/c27-25-30-20(15-36-25)12-24(35)32-26-31-21(16-37-26)13-23(34)29-19-8-6-17(7-9-19)10-11-28-14-22(33)18-4-2-1-3-5-18/h1-9,15-16,22,28,33H,10-14H2,(H2,27,30)(H,29,34)(H,31,32,35). The Bertz CT molecular complexity index is 1310. The van der Waals surface area contributed by atoms with E-state index in [1.54, 1.807) is 10.8 Å². The van der Waals surface area contributed by atoms with Crippen LogP contribution in [0.4, 0.5) is 16.0 Å². The maximum absolute atomic E-state index is 12.4. The quantitative estimate of drug-likeness (QED) is 0.175. The lowest BCUT2D eigenvalue weighted by Gasteiger charge is -2.12. The number of hydrogen-bond donors (Lipinski definition) is 5. The summed E-state index contributed by atoms with van der Waals surface area (Å²) in [5.41, 5.74) is 9.50. The first-order valence-electron chi connectivity index (χ1n) is 11.7. The number of carbonyl (C=O) groups excluding carboxylic acids is 2. The van der Waals surface area contributed by atoms with E-state index >= 15 is 0 Å². The lowest BCUT2D eigenvalue weighted by molar-refractivity contribution is -0.116. The van der Waals surface area contributed by atoms with Crippen molar-refractivity contribution in [3.63, 3.8) is 0 Å². The Kier molecular flexibility index (Phi) is 9.33. The molecule has 0 aliphatic rings. The van der Waals surface area contributed by atoms with Crippen molar-refractivity contribution in [3.05, 3.63) is 87.9 Å². The molecule has 6 N–H and O–H groups in total. The van der Waals surface area contributed by atoms with Gasteiger partial charge in [-0.15, -0.1) is 22.7 Å². The minimum Gasteiger partial charge on any atom is -0.387 e. The van der Waals surface area contributed by atoms with Crippen LogP contribution in [0.5, 0.6) is 0 Å². The lowest BCUT2D eigenvalue weighted by Crippen LogP contribution is -2.23. The van der Waals surface area contributed by atoms with E-state index in [1.807, 2.05) is 54.6 Å². The molecule has 4 aromatic rings. The molecule has 1 atom stereocenters. The second kappa shape index (κ2) is 13.1. The second-order valence-electron chi connectivity index (χ2n) is 8.35. The lowest BCUT2D eigenvalue weighted by atomic mass is 10.1. The molecular weight excluding hydrogens is 508 g/mol. The fourth-order valence-electron chi connectivity index (χ4n) is 3.57. The highest BCUT2D eigenvalue weighted by atomic mass is 32.1. The SMILES string of the molecule is Nc1nc(CC(=O)Nc2nc(CC(=O)Nc3ccc(CCNCC(O)c4ccccc4)cc3)cs2)cs1. The van der Waals surface area contributed by atoms with Crippen molar-refractivity contribution in [2.75, 3.05) is 29.5 Å². The van der Waals surface area contributed by atoms with Crippen LogP contribution in [0.15, 0.2) is 65.4 Å². The minimum atomic E-state index is -0.535. The van der Waals surface area contributed by atoms with Crippen molar-refractivity contribution in [2.45, 2.75) is 25.4 Å². The second-order valence-corrected chi connectivity index (χ2v) is 10.1. The number of rotatable bonds is 12. The van der Waals surface area contributed by atoms with Crippen LogP contribution in [0.2, 0.25) is 0 Å². The van der Waals surface area contributed by atoms with Crippen molar-refractivity contribution in [1.29, 1.82) is 0 Å². The fraction of sp³-hybridized carbons (Fsp3) is 0.231. The maximum atomic E-state index is 12.4. The van der Waals surface area contributed by atoms with Crippen molar-refractivity contribution in [3.8, 4) is 0 Å². The molecule has 192 valence electrons. The molecule has 0 aliphatic heterocycles. The fourth-order valence-corrected chi connectivity index (χ4v) is 4.86. The van der Waals surface area contributed by atoms with Crippen LogP contribution < -0.4 is 21.7 Å². The number of hydrogen-bond acceptors (Lipinski definition) is 9. The van der Waals surface area contributed by atoms with Gasteiger partial charge in [-0.25, -0.2) is 9.97 Å². The number of aliphatic hydroxyl groups excluding tert-OH is 1. The number of nitrogen functional groups attached to an aromatic ring is 1. The van der Waals surface area contributed by atoms with Crippen LogP contribution in [0.25, 0.3) is 0 Å². The smallest absolute Gasteiger partial charge is 0.232 e. The summed E-state index contributed by atoms with van der Waals surface area (Å²) in [6.07, 6.45) is 0.487. The van der Waals surface area contributed by atoms with E-state index in [9.17, 15) is 14.7 Å². The summed E-state index contributed by atoms with van der Waals surface area (Å²) in [5, 5.41) is 23.4.